The van der Waals surface area contributed by atoms with E-state index in [4.69, 9.17) is 0 Å². The number of hydrogen-bond donors (Lipinski definition) is 0. The normalized spacial score (nSPS) is 29.5. The first-order valence-electron chi connectivity index (χ1n) is 5.72. The summed E-state index contributed by atoms with van der Waals surface area (Å²) in [5, 5.41) is 0. The second-order valence-corrected chi connectivity index (χ2v) is 5.22. The quantitative estimate of drug-likeness (QED) is 0.559. The maximum Gasteiger partial charge on any atom is 0.132 e. The van der Waals surface area contributed by atoms with Crippen molar-refractivity contribution in [2.75, 3.05) is 0 Å². The molecule has 0 saturated heterocycles. The molecular weight excluding hydrogens is 160 g/mol. The second-order valence-electron chi connectivity index (χ2n) is 5.22. The summed E-state index contributed by atoms with van der Waals surface area (Å²) in [5.74, 6) is 1.44. The Bertz CT molecular complexity index is 187. The van der Waals surface area contributed by atoms with Gasteiger partial charge in [0, 0.05) is 12.8 Å². The van der Waals surface area contributed by atoms with E-state index < -0.39 is 0 Å². The van der Waals surface area contributed by atoms with E-state index in [0.29, 0.717) is 11.2 Å². The Morgan fingerprint density at radius 3 is 2.15 bits per heavy atom. The van der Waals surface area contributed by atoms with Crippen LogP contribution in [-0.2, 0) is 4.79 Å². The average molecular weight is 180 g/mol. The van der Waals surface area contributed by atoms with Crippen molar-refractivity contribution in [1.82, 2.24) is 0 Å². The Morgan fingerprint density at radius 1 is 1.08 bits per heavy atom. The zero-order valence-electron chi connectivity index (χ0n) is 8.64. The first kappa shape index (κ1) is 9.23. The molecule has 0 bridgehead atoms. The molecule has 0 amide bonds. The van der Waals surface area contributed by atoms with Crippen molar-refractivity contribution >= 4 is 5.78 Å². The summed E-state index contributed by atoms with van der Waals surface area (Å²) in [5.41, 5.74) is 0.598. The summed E-state index contributed by atoms with van der Waals surface area (Å²) < 4.78 is 0. The molecule has 13 heavy (non-hydrogen) atoms. The van der Waals surface area contributed by atoms with Crippen LogP contribution in [0, 0.1) is 11.3 Å². The highest BCUT2D eigenvalue weighted by atomic mass is 16.1. The Morgan fingerprint density at radius 2 is 1.62 bits per heavy atom. The number of Topliss-reactive ketones (excluding diaryl/α,β-unsaturated/α-hetero) is 1. The fraction of sp³-hybridized carbons (Fsp3) is 0.917. The fourth-order valence-corrected chi connectivity index (χ4v) is 2.93. The molecule has 2 rings (SSSR count). The predicted molar refractivity (Wildman–Crippen MR) is 53.5 cm³/mol. The first-order chi connectivity index (χ1) is 6.20. The third-order valence-electron chi connectivity index (χ3n) is 4.20. The fourth-order valence-electron chi connectivity index (χ4n) is 2.93. The van der Waals surface area contributed by atoms with Gasteiger partial charge in [0.1, 0.15) is 5.78 Å². The summed E-state index contributed by atoms with van der Waals surface area (Å²) in [7, 11) is 0. The van der Waals surface area contributed by atoms with Gasteiger partial charge < -0.3 is 0 Å². The lowest BCUT2D eigenvalue weighted by molar-refractivity contribution is -0.123. The van der Waals surface area contributed by atoms with Gasteiger partial charge in [0.15, 0.2) is 0 Å². The van der Waals surface area contributed by atoms with Gasteiger partial charge in [0.25, 0.3) is 0 Å². The minimum atomic E-state index is 0.504. The van der Waals surface area contributed by atoms with Crippen molar-refractivity contribution in [3.05, 3.63) is 0 Å². The van der Waals surface area contributed by atoms with Crippen molar-refractivity contribution in [2.24, 2.45) is 11.3 Å². The van der Waals surface area contributed by atoms with Crippen molar-refractivity contribution < 1.29 is 4.79 Å². The lowest BCUT2D eigenvalue weighted by atomic mass is 9.63. The predicted octanol–water partition coefficient (Wildman–Crippen LogP) is 3.33. The largest absolute Gasteiger partial charge is 0.300 e. The third-order valence-corrected chi connectivity index (χ3v) is 4.20. The van der Waals surface area contributed by atoms with E-state index in [1.807, 2.05) is 0 Å². The van der Waals surface area contributed by atoms with Crippen LogP contribution >= 0.6 is 0 Å². The van der Waals surface area contributed by atoms with Crippen LogP contribution in [0.5, 0.6) is 0 Å². The summed E-state index contributed by atoms with van der Waals surface area (Å²) in [6.07, 6.45) is 9.70. The smallest absolute Gasteiger partial charge is 0.132 e. The Balaban J connectivity index is 1.94. The van der Waals surface area contributed by atoms with E-state index >= 15 is 0 Å². The highest BCUT2D eigenvalue weighted by Crippen LogP contribution is 2.47. The molecule has 2 fully saturated rings. The van der Waals surface area contributed by atoms with Crippen LogP contribution in [0.3, 0.4) is 0 Å². The zero-order chi connectivity index (χ0) is 9.31. The molecule has 0 heterocycles. The van der Waals surface area contributed by atoms with Crippen LogP contribution in [0.1, 0.15) is 58.3 Å². The molecule has 1 spiro atoms. The molecule has 2 saturated carbocycles. The van der Waals surface area contributed by atoms with Crippen molar-refractivity contribution in [3.63, 3.8) is 0 Å². The van der Waals surface area contributed by atoms with E-state index in [1.165, 1.54) is 38.5 Å². The van der Waals surface area contributed by atoms with Gasteiger partial charge in [0.05, 0.1) is 0 Å². The number of ketones is 1. The molecule has 2 aliphatic rings. The molecule has 0 unspecified atom stereocenters. The maximum atomic E-state index is 11.2. The molecule has 0 atom stereocenters. The molecule has 0 aliphatic heterocycles. The number of hydrogen-bond acceptors (Lipinski definition) is 1. The van der Waals surface area contributed by atoms with Gasteiger partial charge in [-0.25, -0.2) is 0 Å². The lowest BCUT2D eigenvalue weighted by Crippen LogP contribution is -2.31. The Labute approximate surface area is 80.9 Å². The van der Waals surface area contributed by atoms with Crippen LogP contribution in [0.15, 0.2) is 0 Å². The van der Waals surface area contributed by atoms with Gasteiger partial charge in [0.2, 0.25) is 0 Å². The SMILES string of the molecule is CC1CCC2(CCC(=O)CC2)CC1. The monoisotopic (exact) mass is 180 g/mol. The van der Waals surface area contributed by atoms with Crippen LogP contribution in [-0.4, -0.2) is 5.78 Å². The minimum absolute atomic E-state index is 0.504. The van der Waals surface area contributed by atoms with Crippen LogP contribution in [0.2, 0.25) is 0 Å². The average Bonchev–Trinajstić information content (AvgIpc) is 2.16. The molecule has 0 aromatic heterocycles. The summed E-state index contributed by atoms with van der Waals surface area (Å²) in [6, 6.07) is 0. The van der Waals surface area contributed by atoms with Gasteiger partial charge in [-0.2, -0.15) is 0 Å². The van der Waals surface area contributed by atoms with Gasteiger partial charge in [-0.15, -0.1) is 0 Å². The van der Waals surface area contributed by atoms with Gasteiger partial charge in [-0.1, -0.05) is 19.8 Å². The third kappa shape index (κ3) is 1.95. The molecule has 1 nitrogen and oxygen atoms in total. The number of carbonyl (C=O) groups is 1. The highest BCUT2D eigenvalue weighted by Gasteiger charge is 2.36. The molecule has 1 heteroatoms. The van der Waals surface area contributed by atoms with Crippen molar-refractivity contribution in [3.8, 4) is 0 Å². The molecule has 0 N–H and O–H groups in total. The van der Waals surface area contributed by atoms with Crippen LogP contribution in [0.4, 0.5) is 0 Å². The second kappa shape index (κ2) is 3.43. The Kier molecular flexibility index (Phi) is 2.44. The van der Waals surface area contributed by atoms with Crippen LogP contribution in [0.25, 0.3) is 0 Å². The lowest BCUT2D eigenvalue weighted by Gasteiger charge is -2.41. The molecule has 74 valence electrons. The molecular formula is C12H20O. The number of carbonyl (C=O) groups excluding carboxylic acids is 1. The van der Waals surface area contributed by atoms with Crippen molar-refractivity contribution in [1.29, 1.82) is 0 Å². The topological polar surface area (TPSA) is 17.1 Å². The molecule has 0 aromatic carbocycles. The Hall–Kier alpha value is -0.330. The summed E-state index contributed by atoms with van der Waals surface area (Å²) in [6.45, 7) is 2.36. The van der Waals surface area contributed by atoms with Gasteiger partial charge in [-0.05, 0) is 37.0 Å². The van der Waals surface area contributed by atoms with E-state index in [9.17, 15) is 4.79 Å². The summed E-state index contributed by atoms with van der Waals surface area (Å²) >= 11 is 0. The maximum absolute atomic E-state index is 11.2. The number of rotatable bonds is 0. The molecule has 0 aromatic rings. The molecule has 2 aliphatic carbocycles. The van der Waals surface area contributed by atoms with E-state index in [-0.39, 0.29) is 0 Å². The minimum Gasteiger partial charge on any atom is -0.300 e. The van der Waals surface area contributed by atoms with Gasteiger partial charge >= 0.3 is 0 Å². The zero-order valence-corrected chi connectivity index (χ0v) is 8.64. The van der Waals surface area contributed by atoms with E-state index in [1.54, 1.807) is 0 Å². The summed E-state index contributed by atoms with van der Waals surface area (Å²) in [4.78, 5) is 11.2. The standard InChI is InChI=1S/C12H20O/c1-10-2-6-12(7-3-10)8-4-11(13)5-9-12/h10H,2-9H2,1H3. The van der Waals surface area contributed by atoms with Crippen LogP contribution < -0.4 is 0 Å². The van der Waals surface area contributed by atoms with Gasteiger partial charge in [-0.3, -0.25) is 4.79 Å². The molecule has 0 radical (unpaired) electrons. The van der Waals surface area contributed by atoms with E-state index in [0.717, 1.165) is 18.8 Å². The van der Waals surface area contributed by atoms with Crippen molar-refractivity contribution in [2.45, 2.75) is 58.3 Å². The van der Waals surface area contributed by atoms with E-state index in [2.05, 4.69) is 6.92 Å². The first-order valence-corrected chi connectivity index (χ1v) is 5.72. The highest BCUT2D eigenvalue weighted by molar-refractivity contribution is 5.79.